The van der Waals surface area contributed by atoms with Crippen molar-refractivity contribution in [3.63, 3.8) is 0 Å². The predicted octanol–water partition coefficient (Wildman–Crippen LogP) is 4.74. The van der Waals surface area contributed by atoms with Gasteiger partial charge in [0.15, 0.2) is 0 Å². The lowest BCUT2D eigenvalue weighted by Gasteiger charge is -2.32. The molecule has 0 aliphatic rings. The van der Waals surface area contributed by atoms with Crippen molar-refractivity contribution in [3.8, 4) is 0 Å². The highest BCUT2D eigenvalue weighted by atomic mass is 35.5. The fourth-order valence-electron chi connectivity index (χ4n) is 3.57. The number of amides is 2. The SMILES string of the molecule is CCNC(=O)[C@H](C)N(Cc1ccccc1Cl)C(=O)CN(c1ccc(Cl)cc1)S(=O)(=O)c1ccccc1. The second-order valence-electron chi connectivity index (χ2n) is 7.98. The van der Waals surface area contributed by atoms with Crippen LogP contribution in [0.1, 0.15) is 19.4 Å². The number of anilines is 1. The lowest BCUT2D eigenvalue weighted by molar-refractivity contribution is -0.139. The van der Waals surface area contributed by atoms with Crippen molar-refractivity contribution < 1.29 is 18.0 Å². The van der Waals surface area contributed by atoms with Crippen LogP contribution in [0.25, 0.3) is 0 Å². The topological polar surface area (TPSA) is 86.8 Å². The van der Waals surface area contributed by atoms with Gasteiger partial charge in [-0.1, -0.05) is 59.6 Å². The molecule has 3 aromatic carbocycles. The van der Waals surface area contributed by atoms with Crippen LogP contribution in [0.3, 0.4) is 0 Å². The monoisotopic (exact) mass is 547 g/mol. The number of rotatable bonds is 10. The molecule has 2 amide bonds. The molecule has 36 heavy (non-hydrogen) atoms. The first kappa shape index (κ1) is 27.5. The summed E-state index contributed by atoms with van der Waals surface area (Å²) in [5.41, 5.74) is 0.896. The van der Waals surface area contributed by atoms with Crippen molar-refractivity contribution in [1.29, 1.82) is 0 Å². The summed E-state index contributed by atoms with van der Waals surface area (Å²) in [6.07, 6.45) is 0. The summed E-state index contributed by atoms with van der Waals surface area (Å²) in [6, 6.07) is 20.1. The molecule has 190 valence electrons. The first-order valence-corrected chi connectivity index (χ1v) is 13.5. The van der Waals surface area contributed by atoms with Crippen LogP contribution in [-0.2, 0) is 26.2 Å². The molecule has 10 heteroatoms. The molecule has 0 aliphatic heterocycles. The van der Waals surface area contributed by atoms with E-state index < -0.39 is 28.5 Å². The molecule has 0 heterocycles. The third-order valence-corrected chi connectivity index (χ3v) is 7.95. The zero-order valence-corrected chi connectivity index (χ0v) is 22.2. The average molecular weight is 548 g/mol. The van der Waals surface area contributed by atoms with Crippen molar-refractivity contribution >= 4 is 50.7 Å². The molecule has 0 aromatic heterocycles. The summed E-state index contributed by atoms with van der Waals surface area (Å²) in [7, 11) is -4.12. The van der Waals surface area contributed by atoms with E-state index in [9.17, 15) is 18.0 Å². The molecule has 0 spiro atoms. The molecule has 7 nitrogen and oxygen atoms in total. The number of hydrogen-bond donors (Lipinski definition) is 1. The van der Waals surface area contributed by atoms with Crippen molar-refractivity contribution in [2.24, 2.45) is 0 Å². The molecule has 0 fully saturated rings. The molecular weight excluding hydrogens is 521 g/mol. The Morgan fingerprint density at radius 3 is 2.14 bits per heavy atom. The molecule has 0 aliphatic carbocycles. The molecule has 0 saturated heterocycles. The van der Waals surface area contributed by atoms with Crippen LogP contribution in [0.5, 0.6) is 0 Å². The Hall–Kier alpha value is -3.07. The van der Waals surface area contributed by atoms with Gasteiger partial charge in [-0.3, -0.25) is 13.9 Å². The highest BCUT2D eigenvalue weighted by Gasteiger charge is 2.32. The van der Waals surface area contributed by atoms with E-state index in [1.165, 1.54) is 29.2 Å². The van der Waals surface area contributed by atoms with Crippen LogP contribution in [0.15, 0.2) is 83.8 Å². The second-order valence-corrected chi connectivity index (χ2v) is 10.7. The van der Waals surface area contributed by atoms with Crippen LogP contribution in [0.4, 0.5) is 5.69 Å². The van der Waals surface area contributed by atoms with Gasteiger partial charge in [-0.15, -0.1) is 0 Å². The van der Waals surface area contributed by atoms with E-state index in [1.807, 2.05) is 0 Å². The van der Waals surface area contributed by atoms with Gasteiger partial charge in [-0.05, 0) is 61.9 Å². The third kappa shape index (κ3) is 6.57. The summed E-state index contributed by atoms with van der Waals surface area (Å²) in [4.78, 5) is 27.8. The van der Waals surface area contributed by atoms with Gasteiger partial charge in [0, 0.05) is 23.1 Å². The molecular formula is C26H27Cl2N3O4S. The quantitative estimate of drug-likeness (QED) is 0.397. The van der Waals surface area contributed by atoms with Crippen LogP contribution < -0.4 is 9.62 Å². The number of halogens is 2. The van der Waals surface area contributed by atoms with Crippen molar-refractivity contribution in [2.45, 2.75) is 31.3 Å². The number of sulfonamides is 1. The maximum atomic E-state index is 13.7. The maximum Gasteiger partial charge on any atom is 0.264 e. The van der Waals surface area contributed by atoms with Crippen LogP contribution in [-0.4, -0.2) is 44.3 Å². The van der Waals surface area contributed by atoms with E-state index >= 15 is 0 Å². The summed E-state index contributed by atoms with van der Waals surface area (Å²) in [6.45, 7) is 3.25. The Kier molecular flexibility index (Phi) is 9.37. The number of nitrogens with one attached hydrogen (secondary N) is 1. The highest BCUT2D eigenvalue weighted by Crippen LogP contribution is 2.26. The van der Waals surface area contributed by atoms with Gasteiger partial charge >= 0.3 is 0 Å². The summed E-state index contributed by atoms with van der Waals surface area (Å²) in [5.74, 6) is -0.926. The minimum atomic E-state index is -4.12. The summed E-state index contributed by atoms with van der Waals surface area (Å²) in [5, 5.41) is 3.57. The van der Waals surface area contributed by atoms with E-state index in [0.29, 0.717) is 22.2 Å². The Bertz CT molecular complexity index is 1300. The standard InChI is InChI=1S/C26H27Cl2N3O4S/c1-3-29-26(33)19(2)30(17-20-9-7-8-12-24(20)28)25(32)18-31(22-15-13-21(27)14-16-22)36(34,35)23-10-5-4-6-11-23/h4-16,19H,3,17-18H2,1-2H3,(H,29,33)/t19-/m0/s1. The normalized spacial score (nSPS) is 12.0. The second kappa shape index (κ2) is 12.3. The Morgan fingerprint density at radius 1 is 0.917 bits per heavy atom. The molecule has 0 bridgehead atoms. The van der Waals surface area contributed by atoms with Crippen molar-refractivity contribution in [2.75, 3.05) is 17.4 Å². The number of likely N-dealkylation sites (N-methyl/N-ethyl adjacent to an activating group) is 1. The molecule has 3 aromatic rings. The number of carbonyl (C=O) groups excluding carboxylic acids is 2. The molecule has 0 unspecified atom stereocenters. The van der Waals surface area contributed by atoms with Gasteiger partial charge in [-0.2, -0.15) is 0 Å². The van der Waals surface area contributed by atoms with Gasteiger partial charge in [0.25, 0.3) is 10.0 Å². The Balaban J connectivity index is 2.02. The van der Waals surface area contributed by atoms with Gasteiger partial charge < -0.3 is 10.2 Å². The number of hydrogen-bond acceptors (Lipinski definition) is 4. The molecule has 0 radical (unpaired) electrons. The fourth-order valence-corrected chi connectivity index (χ4v) is 5.33. The summed E-state index contributed by atoms with van der Waals surface area (Å²) < 4.78 is 28.3. The predicted molar refractivity (Wildman–Crippen MR) is 143 cm³/mol. The van der Waals surface area contributed by atoms with Gasteiger partial charge in [-0.25, -0.2) is 8.42 Å². The smallest absolute Gasteiger partial charge is 0.264 e. The van der Waals surface area contributed by atoms with Gasteiger partial charge in [0.05, 0.1) is 10.6 Å². The van der Waals surface area contributed by atoms with E-state index in [-0.39, 0.29) is 23.0 Å². The fraction of sp³-hybridized carbons (Fsp3) is 0.231. The molecule has 3 rings (SSSR count). The Morgan fingerprint density at radius 2 is 1.53 bits per heavy atom. The van der Waals surface area contributed by atoms with Crippen LogP contribution >= 0.6 is 23.2 Å². The lowest BCUT2D eigenvalue weighted by atomic mass is 10.1. The number of nitrogens with zero attached hydrogens (tertiary/aromatic N) is 2. The first-order valence-electron chi connectivity index (χ1n) is 11.3. The van der Waals surface area contributed by atoms with Crippen LogP contribution in [0.2, 0.25) is 10.0 Å². The zero-order valence-electron chi connectivity index (χ0n) is 19.9. The Labute approximate surface area is 221 Å². The summed E-state index contributed by atoms with van der Waals surface area (Å²) >= 11 is 12.3. The van der Waals surface area contributed by atoms with Crippen LogP contribution in [0, 0.1) is 0 Å². The van der Waals surface area contributed by atoms with Gasteiger partial charge in [0.1, 0.15) is 12.6 Å². The van der Waals surface area contributed by atoms with E-state index in [4.69, 9.17) is 23.2 Å². The van der Waals surface area contributed by atoms with E-state index in [2.05, 4.69) is 5.32 Å². The first-order chi connectivity index (χ1) is 17.1. The number of benzene rings is 3. The minimum absolute atomic E-state index is 0.0245. The average Bonchev–Trinajstić information content (AvgIpc) is 2.87. The number of carbonyl (C=O) groups is 2. The van der Waals surface area contributed by atoms with Crippen molar-refractivity contribution in [1.82, 2.24) is 10.2 Å². The zero-order chi connectivity index (χ0) is 26.3. The lowest BCUT2D eigenvalue weighted by Crippen LogP contribution is -2.51. The van der Waals surface area contributed by atoms with Crippen molar-refractivity contribution in [3.05, 3.63) is 94.5 Å². The molecule has 1 atom stereocenters. The highest BCUT2D eigenvalue weighted by molar-refractivity contribution is 7.92. The third-order valence-electron chi connectivity index (χ3n) is 5.54. The largest absolute Gasteiger partial charge is 0.355 e. The maximum absolute atomic E-state index is 13.7. The van der Waals surface area contributed by atoms with Gasteiger partial charge in [0.2, 0.25) is 11.8 Å². The molecule has 1 N–H and O–H groups in total. The minimum Gasteiger partial charge on any atom is -0.355 e. The van der Waals surface area contributed by atoms with E-state index in [1.54, 1.807) is 68.4 Å². The molecule has 0 saturated carbocycles. The van der Waals surface area contributed by atoms with E-state index in [0.717, 1.165) is 4.31 Å².